The summed E-state index contributed by atoms with van der Waals surface area (Å²) in [6, 6.07) is 3.62. The first-order valence-electron chi connectivity index (χ1n) is 5.77. The van der Waals surface area contributed by atoms with Gasteiger partial charge in [-0.15, -0.1) is 10.2 Å². The highest BCUT2D eigenvalue weighted by molar-refractivity contribution is 5.74. The third kappa shape index (κ3) is 3.05. The SMILES string of the molecule is NC(=O)CC1CCN(c2ccc(N)nn2)CC1. The molecule has 17 heavy (non-hydrogen) atoms. The summed E-state index contributed by atoms with van der Waals surface area (Å²) in [6.07, 6.45) is 2.42. The van der Waals surface area contributed by atoms with Gasteiger partial charge in [0.05, 0.1) is 0 Å². The predicted molar refractivity (Wildman–Crippen MR) is 65.2 cm³/mol. The Morgan fingerprint density at radius 3 is 2.59 bits per heavy atom. The van der Waals surface area contributed by atoms with Gasteiger partial charge < -0.3 is 16.4 Å². The largest absolute Gasteiger partial charge is 0.382 e. The van der Waals surface area contributed by atoms with Crippen LogP contribution in [0.15, 0.2) is 12.1 Å². The van der Waals surface area contributed by atoms with E-state index in [1.165, 1.54) is 0 Å². The fourth-order valence-corrected chi connectivity index (χ4v) is 2.15. The number of aromatic nitrogens is 2. The van der Waals surface area contributed by atoms with E-state index in [4.69, 9.17) is 11.5 Å². The summed E-state index contributed by atoms with van der Waals surface area (Å²) >= 11 is 0. The summed E-state index contributed by atoms with van der Waals surface area (Å²) in [5, 5.41) is 7.88. The molecule has 0 unspecified atom stereocenters. The van der Waals surface area contributed by atoms with Gasteiger partial charge in [0.2, 0.25) is 5.91 Å². The standard InChI is InChI=1S/C11H17N5O/c12-9-1-2-11(15-14-9)16-5-3-8(4-6-16)7-10(13)17/h1-2,8H,3-7H2,(H2,12,14)(H2,13,17). The second-order valence-corrected chi connectivity index (χ2v) is 4.42. The van der Waals surface area contributed by atoms with Crippen molar-refractivity contribution >= 4 is 17.5 Å². The Morgan fingerprint density at radius 1 is 1.35 bits per heavy atom. The van der Waals surface area contributed by atoms with E-state index in [1.807, 2.05) is 6.07 Å². The molecule has 1 saturated heterocycles. The van der Waals surface area contributed by atoms with Crippen LogP contribution in [0.4, 0.5) is 11.6 Å². The second-order valence-electron chi connectivity index (χ2n) is 4.42. The number of nitrogens with zero attached hydrogens (tertiary/aromatic N) is 3. The van der Waals surface area contributed by atoms with Crippen molar-refractivity contribution in [2.45, 2.75) is 19.3 Å². The highest BCUT2D eigenvalue weighted by Crippen LogP contribution is 2.23. The molecule has 1 aliphatic heterocycles. The molecule has 2 rings (SSSR count). The molecular formula is C11H17N5O. The van der Waals surface area contributed by atoms with E-state index < -0.39 is 0 Å². The zero-order chi connectivity index (χ0) is 12.3. The minimum atomic E-state index is -0.212. The number of nitrogens with two attached hydrogens (primary N) is 2. The Kier molecular flexibility index (Phi) is 3.41. The van der Waals surface area contributed by atoms with Gasteiger partial charge in [-0.3, -0.25) is 4.79 Å². The number of hydrogen-bond donors (Lipinski definition) is 2. The lowest BCUT2D eigenvalue weighted by Gasteiger charge is -2.31. The molecule has 2 heterocycles. The smallest absolute Gasteiger partial charge is 0.217 e. The van der Waals surface area contributed by atoms with Gasteiger partial charge in [-0.05, 0) is 30.9 Å². The van der Waals surface area contributed by atoms with Crippen molar-refractivity contribution in [1.29, 1.82) is 0 Å². The summed E-state index contributed by atoms with van der Waals surface area (Å²) in [6.45, 7) is 1.77. The second kappa shape index (κ2) is 4.99. The topological polar surface area (TPSA) is 98.1 Å². The molecule has 6 heteroatoms. The monoisotopic (exact) mass is 235 g/mol. The summed E-state index contributed by atoms with van der Waals surface area (Å²) in [7, 11) is 0. The van der Waals surface area contributed by atoms with Gasteiger partial charge in [0, 0.05) is 19.5 Å². The van der Waals surface area contributed by atoms with E-state index in [9.17, 15) is 4.79 Å². The molecule has 0 bridgehead atoms. The third-order valence-electron chi connectivity index (χ3n) is 3.10. The summed E-state index contributed by atoms with van der Waals surface area (Å²) in [5.41, 5.74) is 10.7. The molecule has 1 amide bonds. The van der Waals surface area contributed by atoms with Crippen LogP contribution in [0.1, 0.15) is 19.3 Å². The Bertz CT molecular complexity index is 383. The highest BCUT2D eigenvalue weighted by Gasteiger charge is 2.21. The van der Waals surface area contributed by atoms with Gasteiger partial charge in [-0.2, -0.15) is 0 Å². The number of rotatable bonds is 3. The zero-order valence-corrected chi connectivity index (χ0v) is 9.67. The summed E-state index contributed by atoms with van der Waals surface area (Å²) in [4.78, 5) is 13.0. The van der Waals surface area contributed by atoms with Crippen molar-refractivity contribution in [3.05, 3.63) is 12.1 Å². The molecule has 6 nitrogen and oxygen atoms in total. The predicted octanol–water partition coefficient (Wildman–Crippen LogP) is 0.151. The van der Waals surface area contributed by atoms with Crippen molar-refractivity contribution in [3.63, 3.8) is 0 Å². The molecule has 0 aromatic carbocycles. The summed E-state index contributed by atoms with van der Waals surface area (Å²) < 4.78 is 0. The van der Waals surface area contributed by atoms with Crippen LogP contribution in [0.3, 0.4) is 0 Å². The molecular weight excluding hydrogens is 218 g/mol. The average Bonchev–Trinajstić information content (AvgIpc) is 2.30. The first kappa shape index (κ1) is 11.6. The number of nitrogen functional groups attached to an aromatic ring is 1. The fraction of sp³-hybridized carbons (Fsp3) is 0.545. The average molecular weight is 235 g/mol. The quantitative estimate of drug-likeness (QED) is 0.777. The molecule has 1 aromatic rings. The summed E-state index contributed by atoms with van der Waals surface area (Å²) in [5.74, 6) is 1.47. The van der Waals surface area contributed by atoms with Gasteiger partial charge in [0.1, 0.15) is 5.82 Å². The van der Waals surface area contributed by atoms with Crippen molar-refractivity contribution in [3.8, 4) is 0 Å². The van der Waals surface area contributed by atoms with Crippen LogP contribution in [0, 0.1) is 5.92 Å². The van der Waals surface area contributed by atoms with Gasteiger partial charge in [0.15, 0.2) is 5.82 Å². The molecule has 0 atom stereocenters. The van der Waals surface area contributed by atoms with Crippen molar-refractivity contribution in [1.82, 2.24) is 10.2 Å². The molecule has 4 N–H and O–H groups in total. The van der Waals surface area contributed by atoms with E-state index in [1.54, 1.807) is 6.07 Å². The number of anilines is 2. The number of amides is 1. The number of carbonyl (C=O) groups is 1. The van der Waals surface area contributed by atoms with E-state index >= 15 is 0 Å². The fourth-order valence-electron chi connectivity index (χ4n) is 2.15. The van der Waals surface area contributed by atoms with Gasteiger partial charge in [-0.1, -0.05) is 0 Å². The Hall–Kier alpha value is -1.85. The number of primary amides is 1. The van der Waals surface area contributed by atoms with Gasteiger partial charge >= 0.3 is 0 Å². The van der Waals surface area contributed by atoms with Crippen molar-refractivity contribution < 1.29 is 4.79 Å². The van der Waals surface area contributed by atoms with Crippen LogP contribution in [0.5, 0.6) is 0 Å². The maximum Gasteiger partial charge on any atom is 0.217 e. The Labute approximate surface area is 100.0 Å². The number of piperidine rings is 1. The Balaban J connectivity index is 1.90. The van der Waals surface area contributed by atoms with E-state index in [0.717, 1.165) is 31.7 Å². The first-order valence-corrected chi connectivity index (χ1v) is 5.77. The maximum atomic E-state index is 10.8. The lowest BCUT2D eigenvalue weighted by molar-refractivity contribution is -0.119. The van der Waals surface area contributed by atoms with Gasteiger partial charge in [0.25, 0.3) is 0 Å². The molecule has 1 aromatic heterocycles. The normalized spacial score (nSPS) is 17.1. The number of hydrogen-bond acceptors (Lipinski definition) is 5. The van der Waals surface area contributed by atoms with Gasteiger partial charge in [-0.25, -0.2) is 0 Å². The highest BCUT2D eigenvalue weighted by atomic mass is 16.1. The van der Waals surface area contributed by atoms with Crippen LogP contribution in [-0.2, 0) is 4.79 Å². The lowest BCUT2D eigenvalue weighted by atomic mass is 9.93. The molecule has 0 aliphatic carbocycles. The molecule has 92 valence electrons. The van der Waals surface area contributed by atoms with E-state index in [-0.39, 0.29) is 5.91 Å². The minimum absolute atomic E-state index is 0.212. The molecule has 0 spiro atoms. The third-order valence-corrected chi connectivity index (χ3v) is 3.10. The number of carbonyl (C=O) groups excluding carboxylic acids is 1. The molecule has 1 aliphatic rings. The first-order chi connectivity index (χ1) is 8.15. The lowest BCUT2D eigenvalue weighted by Crippen LogP contribution is -2.35. The Morgan fingerprint density at radius 2 is 2.06 bits per heavy atom. The van der Waals surface area contributed by atoms with Crippen LogP contribution in [0.25, 0.3) is 0 Å². The van der Waals surface area contributed by atoms with Crippen LogP contribution in [-0.4, -0.2) is 29.2 Å². The van der Waals surface area contributed by atoms with Crippen LogP contribution < -0.4 is 16.4 Å². The van der Waals surface area contributed by atoms with Crippen LogP contribution in [0.2, 0.25) is 0 Å². The van der Waals surface area contributed by atoms with Crippen LogP contribution >= 0.6 is 0 Å². The van der Waals surface area contributed by atoms with Crippen molar-refractivity contribution in [2.75, 3.05) is 23.7 Å². The molecule has 1 fully saturated rings. The minimum Gasteiger partial charge on any atom is -0.382 e. The molecule has 0 radical (unpaired) electrons. The zero-order valence-electron chi connectivity index (χ0n) is 9.67. The van der Waals surface area contributed by atoms with Crippen molar-refractivity contribution in [2.24, 2.45) is 11.7 Å². The van der Waals surface area contributed by atoms with E-state index in [2.05, 4.69) is 15.1 Å². The molecule has 0 saturated carbocycles. The van der Waals surface area contributed by atoms with E-state index in [0.29, 0.717) is 18.2 Å². The maximum absolute atomic E-state index is 10.8.